The zero-order valence-electron chi connectivity index (χ0n) is 32.2. The molecule has 6 rings (SSSR count). The monoisotopic (exact) mass is 777 g/mol. The van der Waals surface area contributed by atoms with Gasteiger partial charge in [0.2, 0.25) is 0 Å². The number of alkyl halides is 3. The van der Waals surface area contributed by atoms with E-state index in [1.165, 1.54) is 12.4 Å². The lowest BCUT2D eigenvalue weighted by molar-refractivity contribution is -0.156. The van der Waals surface area contributed by atoms with Crippen molar-refractivity contribution < 1.29 is 27.4 Å². The molecule has 15 heteroatoms. The van der Waals surface area contributed by atoms with Crippen molar-refractivity contribution in [3.05, 3.63) is 47.1 Å². The molecule has 3 unspecified atom stereocenters. The van der Waals surface area contributed by atoms with E-state index in [-0.39, 0.29) is 30.0 Å². The van der Waals surface area contributed by atoms with Crippen LogP contribution in [0.5, 0.6) is 0 Å². The number of hydrogen-bond acceptors (Lipinski definition) is 8. The van der Waals surface area contributed by atoms with Gasteiger partial charge in [0.1, 0.15) is 36.5 Å². The first-order valence-electron chi connectivity index (χ1n) is 18.8. The highest BCUT2D eigenvalue weighted by molar-refractivity contribution is 6.76. The Labute approximate surface area is 316 Å². The van der Waals surface area contributed by atoms with Crippen molar-refractivity contribution in [3.63, 3.8) is 0 Å². The Morgan fingerprint density at radius 3 is 2.53 bits per heavy atom. The second-order valence-corrected chi connectivity index (χ2v) is 23.0. The van der Waals surface area contributed by atoms with E-state index in [2.05, 4.69) is 55.3 Å². The Kier molecular flexibility index (Phi) is 11.6. The van der Waals surface area contributed by atoms with Crippen LogP contribution in [0.4, 0.5) is 19.0 Å². The lowest BCUT2D eigenvalue weighted by Gasteiger charge is -2.41. The SMILES string of the molecule is CCC(CN(CC1CC(Cc2nc3cc(C(F)(F)F)c(Cl)cc3n2COCC[Si](C)(C)C)C1)C(C)C)C1OC(C)(C)OC1n1ccc2c(N)ncnc21. The van der Waals surface area contributed by atoms with Gasteiger partial charge in [-0.2, -0.15) is 13.2 Å². The molecule has 292 valence electrons. The maximum atomic E-state index is 13.7. The normalized spacial score (nSPS) is 22.8. The van der Waals surface area contributed by atoms with Gasteiger partial charge in [-0.15, -0.1) is 0 Å². The molecule has 2 fully saturated rings. The maximum absolute atomic E-state index is 13.7. The molecule has 0 radical (unpaired) electrons. The number of nitrogens with zero attached hydrogens (tertiary/aromatic N) is 6. The van der Waals surface area contributed by atoms with Gasteiger partial charge in [-0.05, 0) is 83.0 Å². The zero-order valence-corrected chi connectivity index (χ0v) is 34.0. The van der Waals surface area contributed by atoms with Crippen LogP contribution >= 0.6 is 11.6 Å². The van der Waals surface area contributed by atoms with Crippen LogP contribution in [0.25, 0.3) is 22.1 Å². The zero-order chi connectivity index (χ0) is 38.5. The van der Waals surface area contributed by atoms with Gasteiger partial charge in [-0.3, -0.25) is 0 Å². The number of nitrogens with two attached hydrogens (primary N) is 1. The van der Waals surface area contributed by atoms with E-state index in [1.807, 2.05) is 35.2 Å². The molecule has 1 aliphatic carbocycles. The van der Waals surface area contributed by atoms with Gasteiger partial charge in [0.25, 0.3) is 0 Å². The number of halogens is 4. The summed E-state index contributed by atoms with van der Waals surface area (Å²) in [5.74, 6) is 1.47. The van der Waals surface area contributed by atoms with Gasteiger partial charge >= 0.3 is 6.18 Å². The van der Waals surface area contributed by atoms with E-state index in [9.17, 15) is 13.2 Å². The third-order valence-corrected chi connectivity index (χ3v) is 12.9. The summed E-state index contributed by atoms with van der Waals surface area (Å²) in [5.41, 5.74) is 6.87. The second-order valence-electron chi connectivity index (χ2n) is 17.0. The summed E-state index contributed by atoms with van der Waals surface area (Å²) in [7, 11) is -1.31. The lowest BCUT2D eigenvalue weighted by Crippen LogP contribution is -2.45. The number of nitrogen functional groups attached to an aromatic ring is 1. The van der Waals surface area contributed by atoms with Gasteiger partial charge in [0, 0.05) is 52.3 Å². The third kappa shape index (κ3) is 9.04. The topological polar surface area (TPSA) is 105 Å². The molecular formula is C38H55ClF3N7O3Si. The Bertz CT molecular complexity index is 1890. The molecule has 0 spiro atoms. The quantitative estimate of drug-likeness (QED) is 0.0943. The minimum atomic E-state index is -4.56. The molecule has 1 aromatic carbocycles. The molecule has 4 aromatic rings. The van der Waals surface area contributed by atoms with Gasteiger partial charge in [0.05, 0.1) is 27.0 Å². The Morgan fingerprint density at radius 2 is 1.87 bits per heavy atom. The van der Waals surface area contributed by atoms with Crippen molar-refractivity contribution in [2.75, 3.05) is 25.4 Å². The molecule has 3 aromatic heterocycles. The predicted molar refractivity (Wildman–Crippen MR) is 205 cm³/mol. The van der Waals surface area contributed by atoms with Crippen LogP contribution < -0.4 is 5.73 Å². The molecule has 10 nitrogen and oxygen atoms in total. The van der Waals surface area contributed by atoms with Crippen LogP contribution in [-0.4, -0.2) is 74.7 Å². The van der Waals surface area contributed by atoms with Gasteiger partial charge in [-0.25, -0.2) is 15.0 Å². The van der Waals surface area contributed by atoms with E-state index in [0.29, 0.717) is 47.8 Å². The Morgan fingerprint density at radius 1 is 1.13 bits per heavy atom. The minimum Gasteiger partial charge on any atom is -0.383 e. The Balaban J connectivity index is 1.13. The van der Waals surface area contributed by atoms with E-state index in [0.717, 1.165) is 61.3 Å². The molecule has 3 atom stereocenters. The van der Waals surface area contributed by atoms with Crippen LogP contribution in [0, 0.1) is 17.8 Å². The summed E-state index contributed by atoms with van der Waals surface area (Å²) >= 11 is 6.17. The summed E-state index contributed by atoms with van der Waals surface area (Å²) in [6.07, 6.45) is 1.91. The summed E-state index contributed by atoms with van der Waals surface area (Å²) in [4.78, 5) is 16.0. The molecule has 0 amide bonds. The van der Waals surface area contributed by atoms with Crippen LogP contribution in [0.15, 0.2) is 30.7 Å². The molecule has 53 heavy (non-hydrogen) atoms. The highest BCUT2D eigenvalue weighted by atomic mass is 35.5. The number of benzene rings is 1. The van der Waals surface area contributed by atoms with Gasteiger partial charge in [0.15, 0.2) is 12.0 Å². The molecular weight excluding hydrogens is 723 g/mol. The summed E-state index contributed by atoms with van der Waals surface area (Å²) in [6, 6.07) is 5.70. The highest BCUT2D eigenvalue weighted by Gasteiger charge is 2.47. The molecule has 1 saturated heterocycles. The number of anilines is 1. The number of ether oxygens (including phenoxy) is 3. The highest BCUT2D eigenvalue weighted by Crippen LogP contribution is 2.43. The molecule has 1 aliphatic heterocycles. The number of rotatable bonds is 15. The summed E-state index contributed by atoms with van der Waals surface area (Å²) in [5, 5.41) is 0.462. The number of hydrogen-bond donors (Lipinski definition) is 1. The van der Waals surface area contributed by atoms with Gasteiger partial charge in [-0.1, -0.05) is 38.2 Å². The van der Waals surface area contributed by atoms with E-state index < -0.39 is 25.6 Å². The molecule has 2 N–H and O–H groups in total. The predicted octanol–water partition coefficient (Wildman–Crippen LogP) is 9.00. The van der Waals surface area contributed by atoms with Crippen molar-refractivity contribution in [1.82, 2.24) is 29.0 Å². The fraction of sp³-hybridized carbons (Fsp3) is 0.658. The minimum absolute atomic E-state index is 0.186. The fourth-order valence-corrected chi connectivity index (χ4v) is 8.82. The van der Waals surface area contributed by atoms with Gasteiger partial charge < -0.3 is 34.0 Å². The first kappa shape index (κ1) is 39.9. The van der Waals surface area contributed by atoms with Crippen LogP contribution in [0.3, 0.4) is 0 Å². The largest absolute Gasteiger partial charge is 0.417 e. The summed E-state index contributed by atoms with van der Waals surface area (Å²) in [6.45, 7) is 20.1. The molecule has 1 saturated carbocycles. The average Bonchev–Trinajstić information content (AvgIpc) is 3.71. The molecule has 0 bridgehead atoms. The molecule has 2 aliphatic rings. The first-order chi connectivity index (χ1) is 24.8. The standard InChI is InChI=1S/C38H55ClF3N7O3Si/c1-9-26(33-36(52-37(4,5)51-33)48-11-10-27-34(43)44-21-45-35(27)48)20-47(23(2)3)19-25-14-24(15-25)16-32-46-30-17-28(38(40,41)42)29(39)18-31(30)49(32)22-50-12-13-53(6,7)8/h10-11,17-18,21,23-26,33,36H,9,12-16,19-20,22H2,1-8H3,(H2,43,44,45). The second kappa shape index (κ2) is 15.4. The number of aromatic nitrogens is 5. The number of fused-ring (bicyclic) bond motifs is 2. The van der Waals surface area contributed by atoms with Crippen LogP contribution in [0.2, 0.25) is 30.7 Å². The maximum Gasteiger partial charge on any atom is 0.417 e. The van der Waals surface area contributed by atoms with Crippen molar-refractivity contribution >= 4 is 47.6 Å². The Hall–Kier alpha value is -2.75. The van der Waals surface area contributed by atoms with E-state index in [1.54, 1.807) is 0 Å². The number of imidazole rings is 1. The van der Waals surface area contributed by atoms with Crippen LogP contribution in [0.1, 0.15) is 71.5 Å². The van der Waals surface area contributed by atoms with Crippen molar-refractivity contribution in [3.8, 4) is 0 Å². The average molecular weight is 778 g/mol. The summed E-state index contributed by atoms with van der Waals surface area (Å²) < 4.78 is 64.3. The fourth-order valence-electron chi connectivity index (χ4n) is 7.80. The van der Waals surface area contributed by atoms with E-state index >= 15 is 0 Å². The molecule has 4 heterocycles. The van der Waals surface area contributed by atoms with Crippen molar-refractivity contribution in [2.45, 2.75) is 123 Å². The van der Waals surface area contributed by atoms with Crippen LogP contribution in [-0.2, 0) is 33.5 Å². The van der Waals surface area contributed by atoms with E-state index in [4.69, 9.17) is 36.5 Å². The smallest absolute Gasteiger partial charge is 0.383 e. The lowest BCUT2D eigenvalue weighted by atomic mass is 9.72. The third-order valence-electron chi connectivity index (χ3n) is 10.8. The van der Waals surface area contributed by atoms with Crippen molar-refractivity contribution in [2.24, 2.45) is 17.8 Å². The first-order valence-corrected chi connectivity index (χ1v) is 22.9. The van der Waals surface area contributed by atoms with Crippen molar-refractivity contribution in [1.29, 1.82) is 0 Å².